The molecule has 282 valence electrons. The fourth-order valence-electron chi connectivity index (χ4n) is 9.34. The van der Waals surface area contributed by atoms with E-state index in [0.717, 1.165) is 68.2 Å². The molecule has 1 saturated heterocycles. The predicted molar refractivity (Wildman–Crippen MR) is 210 cm³/mol. The molecule has 2 amide bonds. The van der Waals surface area contributed by atoms with Gasteiger partial charge in [0, 0.05) is 67.6 Å². The van der Waals surface area contributed by atoms with Crippen LogP contribution in [-0.4, -0.2) is 103 Å². The third-order valence-electron chi connectivity index (χ3n) is 13.0. The van der Waals surface area contributed by atoms with Crippen molar-refractivity contribution in [2.75, 3.05) is 64.9 Å². The maximum Gasteiger partial charge on any atom is 0.262 e. The molecular formula is C41H55ClN4O5S. The van der Waals surface area contributed by atoms with Gasteiger partial charge in [0.2, 0.25) is 5.91 Å². The highest BCUT2D eigenvalue weighted by Gasteiger charge is 2.50. The van der Waals surface area contributed by atoms with Crippen LogP contribution in [0.3, 0.4) is 0 Å². The second kappa shape index (κ2) is 14.6. The number of piperazine rings is 1. The molecule has 0 aromatic heterocycles. The molecular weight excluding hydrogens is 696 g/mol. The van der Waals surface area contributed by atoms with Crippen LogP contribution in [-0.2, 0) is 31.1 Å². The number of amides is 2. The number of carbonyl (C=O) groups excluding carboxylic acids is 2. The quantitative estimate of drug-likeness (QED) is 0.317. The van der Waals surface area contributed by atoms with E-state index in [2.05, 4.69) is 51.7 Å². The van der Waals surface area contributed by atoms with Crippen LogP contribution in [0.4, 0.5) is 5.69 Å². The van der Waals surface area contributed by atoms with Crippen LogP contribution in [0, 0.1) is 17.8 Å². The van der Waals surface area contributed by atoms with E-state index in [1.165, 1.54) is 11.1 Å². The number of anilines is 1. The number of allylic oxidation sites excluding steroid dienone is 1. The van der Waals surface area contributed by atoms with E-state index in [1.807, 2.05) is 36.9 Å². The lowest BCUT2D eigenvalue weighted by atomic mass is 9.62. The lowest BCUT2D eigenvalue weighted by Gasteiger charge is -2.51. The normalized spacial score (nSPS) is 34.6. The number of nitrogens with zero attached hydrogens (tertiary/aromatic N) is 3. The zero-order chi connectivity index (χ0) is 36.8. The average molecular weight is 751 g/mol. The molecule has 2 aliphatic carbocycles. The molecule has 11 heteroatoms. The molecule has 1 saturated carbocycles. The molecule has 2 aromatic carbocycles. The smallest absolute Gasteiger partial charge is 0.262 e. The fraction of sp³-hybridized carbons (Fsp3) is 0.585. The van der Waals surface area contributed by atoms with E-state index in [0.29, 0.717) is 38.2 Å². The molecule has 5 aliphatic rings. The Labute approximate surface area is 315 Å². The van der Waals surface area contributed by atoms with E-state index in [-0.39, 0.29) is 35.5 Å². The molecule has 3 aliphatic heterocycles. The summed E-state index contributed by atoms with van der Waals surface area (Å²) >= 11 is 6.50. The summed E-state index contributed by atoms with van der Waals surface area (Å²) in [6, 6.07) is 11.8. The number of methoxy groups -OCH3 is 1. The first kappa shape index (κ1) is 37.3. The van der Waals surface area contributed by atoms with E-state index < -0.39 is 26.5 Å². The number of carbonyl (C=O) groups is 2. The van der Waals surface area contributed by atoms with Gasteiger partial charge in [-0.1, -0.05) is 36.7 Å². The lowest BCUT2D eigenvalue weighted by molar-refractivity contribution is -0.144. The number of aryl methyl sites for hydroxylation is 1. The standard InChI is InChI=1S/C41H55ClN4O5S/c1-28-8-6-17-41(50-4,24-38(47)45-20-18-44(3)19-21-45)35-13-10-32(35)25-46-26-40(16-7-9-30-22-33(42)12-14-34(30)40)27-51-37-15-11-31(23-36(37)46)39(48)43-52(5,49)29(28)2/h6,11-12,14-15,17,22-23,28-29,32,35H,5,7-10,13,16,18-21,24-27H2,1-4H3,(H,43,48,49)/b17-6+/t28-,29+,32-,35+,40-,41+,52?/m0/s1. The van der Waals surface area contributed by atoms with Gasteiger partial charge in [-0.05, 0) is 118 Å². The molecule has 7 atom stereocenters. The summed E-state index contributed by atoms with van der Waals surface area (Å²) < 4.78 is 30.1. The summed E-state index contributed by atoms with van der Waals surface area (Å²) in [6.45, 7) is 9.02. The Bertz CT molecular complexity index is 1830. The maximum atomic E-state index is 14.1. The zero-order valence-electron chi connectivity index (χ0n) is 31.2. The third kappa shape index (κ3) is 7.13. The Morgan fingerprint density at radius 1 is 1.13 bits per heavy atom. The van der Waals surface area contributed by atoms with Gasteiger partial charge in [-0.2, -0.15) is 0 Å². The van der Waals surface area contributed by atoms with E-state index >= 15 is 0 Å². The molecule has 1 spiro atoms. The SMILES string of the molecule is C=S1(=O)NC(=O)c2ccc3c(c2)N(C[C@@H]2CC[C@H]2[C@@](CC(=O)N2CCN(C)CC2)(OC)/C=C/C[C@H](C)[C@H]1C)C[C@@]1(CCCc2cc(Cl)ccc21)CO3. The molecule has 7 rings (SSSR count). The summed E-state index contributed by atoms with van der Waals surface area (Å²) in [5.41, 5.74) is 2.76. The van der Waals surface area contributed by atoms with Crippen molar-refractivity contribution in [3.63, 3.8) is 0 Å². The summed E-state index contributed by atoms with van der Waals surface area (Å²) in [5.74, 6) is 4.79. The van der Waals surface area contributed by atoms with Crippen LogP contribution in [0.2, 0.25) is 5.02 Å². The second-order valence-electron chi connectivity index (χ2n) is 16.2. The summed E-state index contributed by atoms with van der Waals surface area (Å²) in [6.07, 6.45) is 10.1. The first-order valence-corrected chi connectivity index (χ1v) is 21.2. The van der Waals surface area contributed by atoms with Crippen LogP contribution in [0.15, 0.2) is 48.6 Å². The lowest BCUT2D eigenvalue weighted by Crippen LogP contribution is -2.55. The number of benzene rings is 2. The number of halogens is 1. The number of nitrogens with one attached hydrogen (secondary N) is 1. The second-order valence-corrected chi connectivity index (χ2v) is 19.1. The van der Waals surface area contributed by atoms with Crippen molar-refractivity contribution in [1.82, 2.24) is 14.5 Å². The van der Waals surface area contributed by atoms with Crippen molar-refractivity contribution in [3.8, 4) is 5.75 Å². The van der Waals surface area contributed by atoms with Gasteiger partial charge in [0.25, 0.3) is 5.91 Å². The average Bonchev–Trinajstić information content (AvgIpc) is 3.25. The minimum Gasteiger partial charge on any atom is -0.490 e. The molecule has 2 bridgehead atoms. The third-order valence-corrected chi connectivity index (χ3v) is 15.5. The van der Waals surface area contributed by atoms with E-state index in [9.17, 15) is 13.8 Å². The Kier molecular flexibility index (Phi) is 10.5. The van der Waals surface area contributed by atoms with Gasteiger partial charge >= 0.3 is 0 Å². The number of likely N-dealkylation sites (N-methyl/N-ethyl adjacent to an activating group) is 1. The largest absolute Gasteiger partial charge is 0.490 e. The van der Waals surface area contributed by atoms with Gasteiger partial charge in [-0.25, -0.2) is 4.21 Å². The van der Waals surface area contributed by atoms with Gasteiger partial charge < -0.3 is 24.2 Å². The Morgan fingerprint density at radius 2 is 1.92 bits per heavy atom. The molecule has 0 radical (unpaired) electrons. The van der Waals surface area contributed by atoms with Crippen molar-refractivity contribution < 1.29 is 23.3 Å². The van der Waals surface area contributed by atoms with Crippen LogP contribution >= 0.6 is 11.6 Å². The van der Waals surface area contributed by atoms with Crippen molar-refractivity contribution in [1.29, 1.82) is 0 Å². The predicted octanol–water partition coefficient (Wildman–Crippen LogP) is 5.73. The molecule has 1 N–H and O–H groups in total. The fourth-order valence-corrected chi connectivity index (χ4v) is 11.0. The van der Waals surface area contributed by atoms with Gasteiger partial charge in [-0.15, -0.1) is 0 Å². The first-order valence-electron chi connectivity index (χ1n) is 19.0. The van der Waals surface area contributed by atoms with Gasteiger partial charge in [0.1, 0.15) is 5.75 Å². The number of hydrogen-bond donors (Lipinski definition) is 1. The van der Waals surface area contributed by atoms with Crippen LogP contribution in [0.25, 0.3) is 0 Å². The first-order chi connectivity index (χ1) is 24.8. The number of hydrogen-bond acceptors (Lipinski definition) is 7. The highest BCUT2D eigenvalue weighted by Crippen LogP contribution is 2.50. The van der Waals surface area contributed by atoms with Gasteiger partial charge in [0.05, 0.1) is 34.0 Å². The number of rotatable bonds is 3. The summed E-state index contributed by atoms with van der Waals surface area (Å²) in [4.78, 5) is 34.5. The minimum atomic E-state index is -3.00. The molecule has 9 nitrogen and oxygen atoms in total. The monoisotopic (exact) mass is 750 g/mol. The van der Waals surface area contributed by atoms with Crippen molar-refractivity contribution in [2.45, 2.75) is 75.1 Å². The highest BCUT2D eigenvalue weighted by atomic mass is 35.5. The minimum absolute atomic E-state index is 0.0464. The molecule has 52 heavy (non-hydrogen) atoms. The topological polar surface area (TPSA) is 91.4 Å². The van der Waals surface area contributed by atoms with Crippen molar-refractivity contribution >= 4 is 44.7 Å². The molecule has 2 fully saturated rings. The maximum absolute atomic E-state index is 14.1. The van der Waals surface area contributed by atoms with E-state index in [1.54, 1.807) is 13.2 Å². The van der Waals surface area contributed by atoms with Crippen LogP contribution in [0.5, 0.6) is 5.75 Å². The Morgan fingerprint density at radius 3 is 2.65 bits per heavy atom. The zero-order valence-corrected chi connectivity index (χ0v) is 32.8. The Hall–Kier alpha value is -3.05. The van der Waals surface area contributed by atoms with Gasteiger partial charge in [-0.3, -0.25) is 14.3 Å². The molecule has 1 unspecified atom stereocenters. The van der Waals surface area contributed by atoms with Crippen LogP contribution in [0.1, 0.15) is 73.9 Å². The highest BCUT2D eigenvalue weighted by molar-refractivity contribution is 7.99. The Balaban J connectivity index is 1.30. The van der Waals surface area contributed by atoms with Crippen molar-refractivity contribution in [3.05, 3.63) is 70.3 Å². The van der Waals surface area contributed by atoms with Crippen LogP contribution < -0.4 is 14.4 Å². The summed E-state index contributed by atoms with van der Waals surface area (Å²) in [5, 5.41) is 0.349. The molecule has 3 heterocycles. The number of fused-ring (bicyclic) bond motifs is 4. The van der Waals surface area contributed by atoms with Crippen molar-refractivity contribution in [2.24, 2.45) is 17.8 Å². The number of ether oxygens (including phenoxy) is 2. The van der Waals surface area contributed by atoms with Gasteiger partial charge in [0.15, 0.2) is 0 Å². The molecule has 2 aromatic rings. The summed E-state index contributed by atoms with van der Waals surface area (Å²) in [7, 11) is 0.845. The van der Waals surface area contributed by atoms with E-state index in [4.69, 9.17) is 21.1 Å².